The van der Waals surface area contributed by atoms with E-state index in [1.807, 2.05) is 0 Å². The summed E-state index contributed by atoms with van der Waals surface area (Å²) >= 11 is 2.71. The van der Waals surface area contributed by atoms with Gasteiger partial charge in [-0.1, -0.05) is 0 Å². The number of allylic oxidation sites excluding steroid dienone is 8. The van der Waals surface area contributed by atoms with E-state index in [0.29, 0.717) is 29.9 Å². The van der Waals surface area contributed by atoms with Crippen LogP contribution in [-0.4, -0.2) is 59.8 Å². The Labute approximate surface area is 206 Å². The molecule has 0 aliphatic heterocycles. The van der Waals surface area contributed by atoms with E-state index in [4.69, 9.17) is 0 Å². The van der Waals surface area contributed by atoms with Gasteiger partial charge < -0.3 is 0 Å². The van der Waals surface area contributed by atoms with Crippen molar-refractivity contribution in [1.82, 2.24) is 0 Å². The Balaban J connectivity index is 1.28. The first kappa shape index (κ1) is 22.9. The molecule has 2 aliphatic rings. The van der Waals surface area contributed by atoms with Gasteiger partial charge >= 0.3 is 208 Å². The second kappa shape index (κ2) is 12.7. The molecule has 2 aliphatic carbocycles. The fourth-order valence-electron chi connectivity index (χ4n) is 3.48. The van der Waals surface area contributed by atoms with Gasteiger partial charge in [-0.05, 0) is 0 Å². The monoisotopic (exact) mass is 660 g/mol. The van der Waals surface area contributed by atoms with Crippen LogP contribution in [0.5, 0.6) is 0 Å². The van der Waals surface area contributed by atoms with E-state index in [1.54, 1.807) is 14.3 Å². The van der Waals surface area contributed by atoms with Crippen molar-refractivity contribution in [1.29, 1.82) is 0 Å². The quantitative estimate of drug-likeness (QED) is 0.218. The number of fused-ring (bicyclic) bond motifs is 1. The molecule has 0 saturated carbocycles. The third-order valence-electron chi connectivity index (χ3n) is 4.97. The molecule has 4 rings (SSSR count). The SMILES string of the molecule is C1=CC([Se]CCC[Se]c2cccc3cccc([Se]CCC[Se]C4C=CC=C4)c23)C=C1. The van der Waals surface area contributed by atoms with Crippen molar-refractivity contribution < 1.29 is 0 Å². The van der Waals surface area contributed by atoms with E-state index >= 15 is 0 Å². The van der Waals surface area contributed by atoms with E-state index in [2.05, 4.69) is 85.0 Å². The molecule has 0 heterocycles. The van der Waals surface area contributed by atoms with Crippen molar-refractivity contribution >= 4 is 79.5 Å². The standard InChI is InChI=1S/C26H28Se4/c1-2-12-22(11-1)27-17-7-19-29-24-15-5-9-21-10-6-16-25(26(21)24)30-20-8-18-28-23-13-3-4-14-23/h1-6,9-16,22-23H,7-8,17-20H2. The summed E-state index contributed by atoms with van der Waals surface area (Å²) < 4.78 is 3.30. The van der Waals surface area contributed by atoms with Crippen molar-refractivity contribution in [2.75, 3.05) is 0 Å². The molecule has 2 aromatic rings. The van der Waals surface area contributed by atoms with Gasteiger partial charge in [0.05, 0.1) is 0 Å². The number of benzene rings is 2. The van der Waals surface area contributed by atoms with E-state index in [9.17, 15) is 0 Å². The summed E-state index contributed by atoms with van der Waals surface area (Å²) in [6, 6.07) is 14.0. The molecule has 0 amide bonds. The summed E-state index contributed by atoms with van der Waals surface area (Å²) in [7, 11) is 0. The molecule has 30 heavy (non-hydrogen) atoms. The molecule has 0 radical (unpaired) electrons. The van der Waals surface area contributed by atoms with Crippen LogP contribution in [-0.2, 0) is 0 Å². The van der Waals surface area contributed by atoms with Gasteiger partial charge in [-0.3, -0.25) is 0 Å². The van der Waals surface area contributed by atoms with Gasteiger partial charge in [-0.15, -0.1) is 0 Å². The Morgan fingerprint density at radius 1 is 0.567 bits per heavy atom. The molecule has 0 nitrogen and oxygen atoms in total. The number of hydrogen-bond donors (Lipinski definition) is 0. The third-order valence-corrected chi connectivity index (χ3v) is 14.9. The molecule has 0 unspecified atom stereocenters. The summed E-state index contributed by atoms with van der Waals surface area (Å²) in [6.45, 7) is 0. The minimum absolute atomic E-state index is 0.605. The van der Waals surface area contributed by atoms with Crippen LogP contribution < -0.4 is 8.92 Å². The van der Waals surface area contributed by atoms with Crippen molar-refractivity contribution in [3.05, 3.63) is 85.0 Å². The molecule has 4 heteroatoms. The zero-order chi connectivity index (χ0) is 20.4. The molecule has 0 N–H and O–H groups in total. The van der Waals surface area contributed by atoms with Gasteiger partial charge in [-0.25, -0.2) is 0 Å². The van der Waals surface area contributed by atoms with Crippen LogP contribution in [0, 0.1) is 0 Å². The zero-order valence-corrected chi connectivity index (χ0v) is 24.0. The predicted octanol–water partition coefficient (Wildman–Crippen LogP) is 5.19. The fourth-order valence-corrected chi connectivity index (χ4v) is 14.2. The van der Waals surface area contributed by atoms with E-state index < -0.39 is 0 Å². The van der Waals surface area contributed by atoms with Crippen LogP contribution in [0.15, 0.2) is 85.0 Å². The van der Waals surface area contributed by atoms with Crippen molar-refractivity contribution in [3.8, 4) is 0 Å². The van der Waals surface area contributed by atoms with Gasteiger partial charge in [0.1, 0.15) is 0 Å². The first-order chi connectivity index (χ1) is 14.9. The topological polar surface area (TPSA) is 0 Å². The van der Waals surface area contributed by atoms with Gasteiger partial charge in [0, 0.05) is 0 Å². The minimum atomic E-state index is 0.605. The zero-order valence-electron chi connectivity index (χ0n) is 17.1. The van der Waals surface area contributed by atoms with Crippen LogP contribution in [0.1, 0.15) is 12.8 Å². The van der Waals surface area contributed by atoms with Crippen LogP contribution in [0.25, 0.3) is 10.8 Å². The summed E-state index contributed by atoms with van der Waals surface area (Å²) in [5.41, 5.74) is 0. The van der Waals surface area contributed by atoms with Crippen LogP contribution in [0.3, 0.4) is 0 Å². The maximum atomic E-state index is 2.41. The summed E-state index contributed by atoms with van der Waals surface area (Å²) in [4.78, 5) is 1.53. The average molecular weight is 656 g/mol. The van der Waals surface area contributed by atoms with Crippen molar-refractivity contribution in [3.63, 3.8) is 0 Å². The molecule has 156 valence electrons. The van der Waals surface area contributed by atoms with Crippen LogP contribution in [0.4, 0.5) is 0 Å². The summed E-state index contributed by atoms with van der Waals surface area (Å²) in [5, 5.41) is 8.69. The Hall–Kier alpha value is -0.262. The average Bonchev–Trinajstić information content (AvgIpc) is 3.48. The van der Waals surface area contributed by atoms with E-state index in [0.717, 1.165) is 39.5 Å². The molecule has 0 aromatic heterocycles. The Morgan fingerprint density at radius 3 is 1.50 bits per heavy atom. The number of rotatable bonds is 12. The van der Waals surface area contributed by atoms with Crippen molar-refractivity contribution in [2.24, 2.45) is 0 Å². The molecule has 0 atom stereocenters. The number of hydrogen-bond acceptors (Lipinski definition) is 0. The molecule has 2 aromatic carbocycles. The Bertz CT molecular complexity index is 844. The first-order valence-corrected chi connectivity index (χ1v) is 19.1. The molecule has 0 fully saturated rings. The maximum absolute atomic E-state index is 2.41. The molecule has 0 saturated heterocycles. The van der Waals surface area contributed by atoms with E-state index in [-0.39, 0.29) is 0 Å². The second-order valence-electron chi connectivity index (χ2n) is 7.22. The summed E-state index contributed by atoms with van der Waals surface area (Å²) in [6.07, 6.45) is 21.1. The fraction of sp³-hybridized carbons (Fsp3) is 0.308. The second-order valence-corrected chi connectivity index (χ2v) is 17.4. The Kier molecular flexibility index (Phi) is 9.69. The third kappa shape index (κ3) is 6.87. The van der Waals surface area contributed by atoms with Crippen LogP contribution in [0.2, 0.25) is 30.9 Å². The van der Waals surface area contributed by atoms with Gasteiger partial charge in [0.2, 0.25) is 0 Å². The van der Waals surface area contributed by atoms with E-state index in [1.165, 1.54) is 39.5 Å². The first-order valence-electron chi connectivity index (χ1n) is 10.6. The molecular formula is C26H28Se4. The molecule has 0 bridgehead atoms. The van der Waals surface area contributed by atoms with Gasteiger partial charge in [0.15, 0.2) is 0 Å². The molecule has 0 spiro atoms. The van der Waals surface area contributed by atoms with Gasteiger partial charge in [0.25, 0.3) is 0 Å². The van der Waals surface area contributed by atoms with Crippen LogP contribution >= 0.6 is 0 Å². The van der Waals surface area contributed by atoms with Crippen molar-refractivity contribution in [2.45, 2.75) is 43.8 Å². The van der Waals surface area contributed by atoms with Gasteiger partial charge in [-0.2, -0.15) is 0 Å². The Morgan fingerprint density at radius 2 is 1.03 bits per heavy atom. The molecular weight excluding hydrogens is 628 g/mol. The summed E-state index contributed by atoms with van der Waals surface area (Å²) in [5.74, 6) is 0. The normalized spacial score (nSPS) is 15.9. The predicted molar refractivity (Wildman–Crippen MR) is 139 cm³/mol.